The van der Waals surface area contributed by atoms with E-state index in [9.17, 15) is 4.79 Å². The molecule has 1 atom stereocenters. The van der Waals surface area contributed by atoms with E-state index in [1.807, 2.05) is 17.5 Å². The van der Waals surface area contributed by atoms with E-state index in [1.54, 1.807) is 24.3 Å². The predicted octanol–water partition coefficient (Wildman–Crippen LogP) is 1.93. The summed E-state index contributed by atoms with van der Waals surface area (Å²) in [7, 11) is 1.35. The molecule has 0 saturated heterocycles. The van der Waals surface area contributed by atoms with Gasteiger partial charge in [-0.1, -0.05) is 6.07 Å². The molecule has 2 aromatic rings. The minimum Gasteiger partial charge on any atom is -0.467 e. The number of rotatable bonds is 3. The van der Waals surface area contributed by atoms with Crippen LogP contribution in [0.5, 0.6) is 0 Å². The zero-order chi connectivity index (χ0) is 12.4. The molecular formula is C11H13N3O2S. The summed E-state index contributed by atoms with van der Waals surface area (Å²) in [5.41, 5.74) is 6.61. The molecule has 90 valence electrons. The van der Waals surface area contributed by atoms with Gasteiger partial charge in [-0.3, -0.25) is 0 Å². The molecule has 17 heavy (non-hydrogen) atoms. The Bertz CT molecular complexity index is 519. The highest BCUT2D eigenvalue weighted by Gasteiger charge is 2.19. The average Bonchev–Trinajstić information content (AvgIpc) is 2.95. The van der Waals surface area contributed by atoms with Crippen molar-refractivity contribution >= 4 is 23.1 Å². The summed E-state index contributed by atoms with van der Waals surface area (Å²) in [5, 5.41) is 6.29. The summed E-state index contributed by atoms with van der Waals surface area (Å²) in [6.07, 6.45) is 0. The van der Waals surface area contributed by atoms with Crippen LogP contribution in [0.3, 0.4) is 0 Å². The van der Waals surface area contributed by atoms with Crippen LogP contribution in [0.1, 0.15) is 13.0 Å². The first-order chi connectivity index (χ1) is 8.13. The number of hydrogen-bond acceptors (Lipinski definition) is 5. The van der Waals surface area contributed by atoms with E-state index < -0.39 is 6.04 Å². The van der Waals surface area contributed by atoms with Crippen molar-refractivity contribution in [2.24, 2.45) is 0 Å². The van der Waals surface area contributed by atoms with Gasteiger partial charge in [0.2, 0.25) is 0 Å². The zero-order valence-corrected chi connectivity index (χ0v) is 10.4. The Kier molecular flexibility index (Phi) is 3.14. The van der Waals surface area contributed by atoms with Crippen LogP contribution in [0.15, 0.2) is 23.6 Å². The number of aromatic nitrogens is 2. The van der Waals surface area contributed by atoms with E-state index in [4.69, 9.17) is 5.73 Å². The van der Waals surface area contributed by atoms with Crippen LogP contribution < -0.4 is 5.73 Å². The van der Waals surface area contributed by atoms with Crippen molar-refractivity contribution in [1.29, 1.82) is 0 Å². The molecule has 0 aliphatic carbocycles. The fraction of sp³-hybridized carbons (Fsp3) is 0.273. The minimum atomic E-state index is -0.520. The Balaban J connectivity index is 2.34. The first-order valence-corrected chi connectivity index (χ1v) is 5.98. The number of carbonyl (C=O) groups is 1. The molecular weight excluding hydrogens is 238 g/mol. The highest BCUT2D eigenvalue weighted by molar-refractivity contribution is 7.13. The van der Waals surface area contributed by atoms with E-state index in [0.29, 0.717) is 5.82 Å². The molecule has 2 aromatic heterocycles. The lowest BCUT2D eigenvalue weighted by Gasteiger charge is -2.10. The van der Waals surface area contributed by atoms with E-state index in [1.165, 1.54) is 11.8 Å². The second-order valence-corrected chi connectivity index (χ2v) is 4.52. The molecule has 2 N–H and O–H groups in total. The minimum absolute atomic E-state index is 0.363. The molecule has 0 saturated carbocycles. The van der Waals surface area contributed by atoms with Crippen LogP contribution >= 0.6 is 11.3 Å². The van der Waals surface area contributed by atoms with Crippen LogP contribution in [0, 0.1) is 0 Å². The molecule has 0 unspecified atom stereocenters. The summed E-state index contributed by atoms with van der Waals surface area (Å²) in [5.74, 6) is 0.0869. The Hall–Kier alpha value is -1.82. The van der Waals surface area contributed by atoms with Gasteiger partial charge in [-0.2, -0.15) is 5.10 Å². The first kappa shape index (κ1) is 11.7. The first-order valence-electron chi connectivity index (χ1n) is 5.10. The standard InChI is InChI=1S/C11H13N3O2S/c1-7(11(15)16-2)14-10(12)6-8(13-14)9-4-3-5-17-9/h3-7H,12H2,1-2H3/t7-/m1/s1. The highest BCUT2D eigenvalue weighted by Crippen LogP contribution is 2.26. The van der Waals surface area contributed by atoms with Gasteiger partial charge < -0.3 is 10.5 Å². The summed E-state index contributed by atoms with van der Waals surface area (Å²) in [4.78, 5) is 12.4. The third-order valence-corrected chi connectivity index (χ3v) is 3.34. The van der Waals surface area contributed by atoms with E-state index in [0.717, 1.165) is 10.6 Å². The molecule has 0 aliphatic heterocycles. The maximum atomic E-state index is 11.4. The number of carbonyl (C=O) groups excluding carboxylic acids is 1. The topological polar surface area (TPSA) is 70.1 Å². The van der Waals surface area contributed by atoms with Gasteiger partial charge in [-0.05, 0) is 18.4 Å². The van der Waals surface area contributed by atoms with Crippen LogP contribution in [0.25, 0.3) is 10.6 Å². The van der Waals surface area contributed by atoms with Gasteiger partial charge >= 0.3 is 5.97 Å². The smallest absolute Gasteiger partial charge is 0.330 e. The second kappa shape index (κ2) is 4.58. The molecule has 2 heterocycles. The number of methoxy groups -OCH3 is 1. The van der Waals surface area contributed by atoms with Gasteiger partial charge in [0.25, 0.3) is 0 Å². The Morgan fingerprint density at radius 3 is 3.00 bits per heavy atom. The van der Waals surface area contributed by atoms with Crippen molar-refractivity contribution in [3.8, 4) is 10.6 Å². The lowest BCUT2D eigenvalue weighted by molar-refractivity contribution is -0.144. The number of nitrogens with two attached hydrogens (primary N) is 1. The van der Waals surface area contributed by atoms with Crippen LogP contribution in [-0.4, -0.2) is 22.9 Å². The maximum Gasteiger partial charge on any atom is 0.330 e. The van der Waals surface area contributed by atoms with Crippen molar-refractivity contribution in [2.75, 3.05) is 12.8 Å². The van der Waals surface area contributed by atoms with Crippen molar-refractivity contribution in [3.63, 3.8) is 0 Å². The molecule has 0 fully saturated rings. The zero-order valence-electron chi connectivity index (χ0n) is 9.58. The molecule has 6 heteroatoms. The van der Waals surface area contributed by atoms with Crippen molar-refractivity contribution in [3.05, 3.63) is 23.6 Å². The van der Waals surface area contributed by atoms with Crippen molar-refractivity contribution < 1.29 is 9.53 Å². The SMILES string of the molecule is COC(=O)[C@@H](C)n1nc(-c2cccs2)cc1N. The highest BCUT2D eigenvalue weighted by atomic mass is 32.1. The maximum absolute atomic E-state index is 11.4. The Morgan fingerprint density at radius 1 is 1.65 bits per heavy atom. The van der Waals surface area contributed by atoms with Gasteiger partial charge in [0.05, 0.1) is 12.0 Å². The number of thiophene rings is 1. The van der Waals surface area contributed by atoms with Crippen LogP contribution in [0.2, 0.25) is 0 Å². The normalized spacial score (nSPS) is 12.4. The fourth-order valence-electron chi connectivity index (χ4n) is 1.53. The van der Waals surface area contributed by atoms with Crippen LogP contribution in [-0.2, 0) is 9.53 Å². The van der Waals surface area contributed by atoms with Gasteiger partial charge in [0.15, 0.2) is 0 Å². The third kappa shape index (κ3) is 2.16. The molecule has 0 amide bonds. The second-order valence-electron chi connectivity index (χ2n) is 3.58. The summed E-state index contributed by atoms with van der Waals surface area (Å²) in [6.45, 7) is 1.70. The van der Waals surface area contributed by atoms with E-state index >= 15 is 0 Å². The number of hydrogen-bond donors (Lipinski definition) is 1. The number of ether oxygens (including phenoxy) is 1. The monoisotopic (exact) mass is 251 g/mol. The lowest BCUT2D eigenvalue weighted by Crippen LogP contribution is -2.20. The number of anilines is 1. The van der Waals surface area contributed by atoms with Gasteiger partial charge in [-0.25, -0.2) is 9.48 Å². The predicted molar refractivity (Wildman–Crippen MR) is 66.7 cm³/mol. The number of nitrogen functional groups attached to an aromatic ring is 1. The molecule has 0 bridgehead atoms. The molecule has 0 spiro atoms. The largest absolute Gasteiger partial charge is 0.467 e. The van der Waals surface area contributed by atoms with Crippen molar-refractivity contribution in [2.45, 2.75) is 13.0 Å². The van der Waals surface area contributed by atoms with Gasteiger partial charge in [0, 0.05) is 6.07 Å². The molecule has 5 nitrogen and oxygen atoms in total. The quantitative estimate of drug-likeness (QED) is 0.846. The number of nitrogens with zero attached hydrogens (tertiary/aromatic N) is 2. The Morgan fingerprint density at radius 2 is 2.41 bits per heavy atom. The van der Waals surface area contributed by atoms with Gasteiger partial charge in [0.1, 0.15) is 17.6 Å². The van der Waals surface area contributed by atoms with E-state index in [2.05, 4.69) is 9.84 Å². The molecule has 0 aliphatic rings. The lowest BCUT2D eigenvalue weighted by atomic mass is 10.3. The molecule has 0 radical (unpaired) electrons. The van der Waals surface area contributed by atoms with Crippen LogP contribution in [0.4, 0.5) is 5.82 Å². The molecule has 2 rings (SSSR count). The number of esters is 1. The Labute approximate surface area is 103 Å². The summed E-state index contributed by atoms with van der Waals surface area (Å²) >= 11 is 1.58. The van der Waals surface area contributed by atoms with Crippen molar-refractivity contribution in [1.82, 2.24) is 9.78 Å². The summed E-state index contributed by atoms with van der Waals surface area (Å²) in [6, 6.07) is 5.14. The average molecular weight is 251 g/mol. The van der Waals surface area contributed by atoms with Gasteiger partial charge in [-0.15, -0.1) is 11.3 Å². The summed E-state index contributed by atoms with van der Waals surface area (Å²) < 4.78 is 6.14. The fourth-order valence-corrected chi connectivity index (χ4v) is 2.22. The van der Waals surface area contributed by atoms with E-state index in [-0.39, 0.29) is 5.97 Å². The third-order valence-electron chi connectivity index (χ3n) is 2.45. The molecule has 0 aromatic carbocycles.